The van der Waals surface area contributed by atoms with Crippen LogP contribution in [0.2, 0.25) is 0 Å². The molecule has 0 saturated heterocycles. The van der Waals surface area contributed by atoms with Gasteiger partial charge in [-0.3, -0.25) is 0 Å². The number of anilines is 3. The lowest BCUT2D eigenvalue weighted by molar-refractivity contribution is 0.587. The summed E-state index contributed by atoms with van der Waals surface area (Å²) in [6, 6.07) is 5.15. The first kappa shape index (κ1) is 16.2. The van der Waals surface area contributed by atoms with E-state index in [2.05, 4.69) is 25.3 Å². The van der Waals surface area contributed by atoms with E-state index < -0.39 is 10.0 Å². The lowest BCUT2D eigenvalue weighted by Crippen LogP contribution is -2.19. The SMILES string of the molecule is CNc1ncc(C)c(Nc2ccc(C)c(S(=O)(=O)NC)c2)n1. The Bertz CT molecular complexity index is 790. The van der Waals surface area contributed by atoms with Gasteiger partial charge >= 0.3 is 0 Å². The van der Waals surface area contributed by atoms with Crippen LogP contribution < -0.4 is 15.4 Å². The van der Waals surface area contributed by atoms with Crippen LogP contribution >= 0.6 is 0 Å². The fourth-order valence-electron chi connectivity index (χ4n) is 1.90. The van der Waals surface area contributed by atoms with Crippen molar-refractivity contribution in [2.45, 2.75) is 18.7 Å². The van der Waals surface area contributed by atoms with E-state index in [0.29, 0.717) is 23.0 Å². The van der Waals surface area contributed by atoms with Crippen LogP contribution in [0.1, 0.15) is 11.1 Å². The zero-order chi connectivity index (χ0) is 16.3. The van der Waals surface area contributed by atoms with E-state index in [4.69, 9.17) is 0 Å². The second kappa shape index (κ2) is 6.29. The van der Waals surface area contributed by atoms with Crippen molar-refractivity contribution < 1.29 is 8.42 Å². The van der Waals surface area contributed by atoms with Gasteiger partial charge in [0.2, 0.25) is 16.0 Å². The number of aryl methyl sites for hydroxylation is 2. The molecule has 2 aromatic rings. The van der Waals surface area contributed by atoms with E-state index in [1.807, 2.05) is 13.0 Å². The standard InChI is InChI=1S/C14H19N5O2S/c1-9-5-6-11(7-12(9)22(20,21)16-4)18-13-10(2)8-17-14(15-3)19-13/h5-8,16H,1-4H3,(H2,15,17,18,19). The molecule has 0 aliphatic heterocycles. The molecule has 0 aliphatic carbocycles. The number of benzene rings is 1. The molecule has 0 atom stereocenters. The van der Waals surface area contributed by atoms with Gasteiger partial charge < -0.3 is 10.6 Å². The number of rotatable bonds is 5. The van der Waals surface area contributed by atoms with Gasteiger partial charge in [0.05, 0.1) is 4.90 Å². The highest BCUT2D eigenvalue weighted by atomic mass is 32.2. The highest BCUT2D eigenvalue weighted by Gasteiger charge is 2.15. The molecule has 1 heterocycles. The monoisotopic (exact) mass is 321 g/mol. The third-order valence-electron chi connectivity index (χ3n) is 3.20. The van der Waals surface area contributed by atoms with Crippen molar-refractivity contribution in [1.29, 1.82) is 0 Å². The molecular weight excluding hydrogens is 302 g/mol. The van der Waals surface area contributed by atoms with E-state index >= 15 is 0 Å². The van der Waals surface area contributed by atoms with Crippen molar-refractivity contribution in [3.8, 4) is 0 Å². The number of nitrogens with zero attached hydrogens (tertiary/aromatic N) is 2. The quantitative estimate of drug-likeness (QED) is 0.777. The van der Waals surface area contributed by atoms with Crippen LogP contribution in [0.25, 0.3) is 0 Å². The molecular formula is C14H19N5O2S. The molecule has 0 bridgehead atoms. The summed E-state index contributed by atoms with van der Waals surface area (Å²) in [7, 11) is -0.376. The van der Waals surface area contributed by atoms with Gasteiger partial charge in [0.1, 0.15) is 5.82 Å². The summed E-state index contributed by atoms with van der Waals surface area (Å²) in [6.45, 7) is 3.63. The second-order valence-corrected chi connectivity index (χ2v) is 6.64. The molecule has 0 radical (unpaired) electrons. The van der Waals surface area contributed by atoms with E-state index in [-0.39, 0.29) is 4.90 Å². The predicted molar refractivity (Wildman–Crippen MR) is 87.0 cm³/mol. The second-order valence-electron chi connectivity index (χ2n) is 4.79. The average Bonchev–Trinajstić information content (AvgIpc) is 2.51. The molecule has 3 N–H and O–H groups in total. The van der Waals surface area contributed by atoms with Crippen molar-refractivity contribution in [1.82, 2.24) is 14.7 Å². The van der Waals surface area contributed by atoms with Gasteiger partial charge in [-0.25, -0.2) is 18.1 Å². The molecule has 8 heteroatoms. The van der Waals surface area contributed by atoms with E-state index in [9.17, 15) is 8.42 Å². The predicted octanol–water partition coefficient (Wildman–Crippen LogP) is 1.79. The van der Waals surface area contributed by atoms with Crippen molar-refractivity contribution in [3.63, 3.8) is 0 Å². The minimum absolute atomic E-state index is 0.237. The molecule has 1 aromatic heterocycles. The van der Waals surface area contributed by atoms with Crippen LogP contribution in [0.15, 0.2) is 29.3 Å². The number of hydrogen-bond donors (Lipinski definition) is 3. The Labute approximate surface area is 130 Å². The molecule has 118 valence electrons. The third kappa shape index (κ3) is 3.34. The summed E-state index contributed by atoms with van der Waals surface area (Å²) in [4.78, 5) is 8.67. The smallest absolute Gasteiger partial charge is 0.240 e. The van der Waals surface area contributed by atoms with Crippen molar-refractivity contribution in [2.75, 3.05) is 24.7 Å². The Morgan fingerprint density at radius 1 is 1.09 bits per heavy atom. The molecule has 0 amide bonds. The number of aromatic nitrogens is 2. The van der Waals surface area contributed by atoms with Crippen LogP contribution in [0, 0.1) is 13.8 Å². The zero-order valence-corrected chi connectivity index (χ0v) is 13.7. The summed E-state index contributed by atoms with van der Waals surface area (Å²) in [6.07, 6.45) is 1.70. The zero-order valence-electron chi connectivity index (χ0n) is 12.9. The molecule has 0 spiro atoms. The first-order valence-electron chi connectivity index (χ1n) is 6.70. The van der Waals surface area contributed by atoms with Gasteiger partial charge in [-0.2, -0.15) is 4.98 Å². The summed E-state index contributed by atoms with van der Waals surface area (Å²) < 4.78 is 26.4. The summed E-state index contributed by atoms with van der Waals surface area (Å²) in [5, 5.41) is 5.99. The van der Waals surface area contributed by atoms with Crippen molar-refractivity contribution in [3.05, 3.63) is 35.5 Å². The van der Waals surface area contributed by atoms with Gasteiger partial charge in [0.25, 0.3) is 0 Å². The Kier molecular flexibility index (Phi) is 4.62. The number of nitrogens with one attached hydrogen (secondary N) is 3. The third-order valence-corrected chi connectivity index (χ3v) is 4.76. The lowest BCUT2D eigenvalue weighted by atomic mass is 10.2. The first-order valence-corrected chi connectivity index (χ1v) is 8.18. The molecule has 0 saturated carbocycles. The van der Waals surface area contributed by atoms with Crippen molar-refractivity contribution in [2.24, 2.45) is 0 Å². The van der Waals surface area contributed by atoms with Crippen LogP contribution in [-0.2, 0) is 10.0 Å². The maximum absolute atomic E-state index is 12.0. The topological polar surface area (TPSA) is 96.0 Å². The van der Waals surface area contributed by atoms with E-state index in [1.165, 1.54) is 7.05 Å². The number of sulfonamides is 1. The van der Waals surface area contributed by atoms with Crippen LogP contribution in [0.4, 0.5) is 17.5 Å². The molecule has 0 aliphatic rings. The molecule has 0 unspecified atom stereocenters. The Balaban J connectivity index is 2.41. The van der Waals surface area contributed by atoms with Crippen LogP contribution in [0.5, 0.6) is 0 Å². The lowest BCUT2D eigenvalue weighted by Gasteiger charge is -2.12. The average molecular weight is 321 g/mol. The maximum atomic E-state index is 12.0. The van der Waals surface area contributed by atoms with Gasteiger partial charge in [-0.15, -0.1) is 0 Å². The largest absolute Gasteiger partial charge is 0.357 e. The molecule has 0 fully saturated rings. The highest BCUT2D eigenvalue weighted by Crippen LogP contribution is 2.24. The molecule has 1 aromatic carbocycles. The highest BCUT2D eigenvalue weighted by molar-refractivity contribution is 7.89. The van der Waals surface area contributed by atoms with Crippen molar-refractivity contribution >= 4 is 27.5 Å². The summed E-state index contributed by atoms with van der Waals surface area (Å²) in [5.74, 6) is 1.11. The fraction of sp³-hybridized carbons (Fsp3) is 0.286. The minimum atomic E-state index is -3.50. The first-order chi connectivity index (χ1) is 10.4. The number of hydrogen-bond acceptors (Lipinski definition) is 6. The van der Waals surface area contributed by atoms with Gasteiger partial charge in [0, 0.05) is 24.5 Å². The Morgan fingerprint density at radius 2 is 1.82 bits per heavy atom. The van der Waals surface area contributed by atoms with Gasteiger partial charge in [0.15, 0.2) is 0 Å². The van der Waals surface area contributed by atoms with Crippen LogP contribution in [-0.4, -0.2) is 32.5 Å². The Morgan fingerprint density at radius 3 is 2.45 bits per heavy atom. The normalized spacial score (nSPS) is 11.3. The molecule has 7 nitrogen and oxygen atoms in total. The summed E-state index contributed by atoms with van der Waals surface area (Å²) in [5.41, 5.74) is 2.18. The van der Waals surface area contributed by atoms with Gasteiger partial charge in [-0.05, 0) is 38.6 Å². The molecule has 2 rings (SSSR count). The summed E-state index contributed by atoms with van der Waals surface area (Å²) >= 11 is 0. The van der Waals surface area contributed by atoms with E-state index in [1.54, 1.807) is 32.3 Å². The minimum Gasteiger partial charge on any atom is -0.357 e. The van der Waals surface area contributed by atoms with Crippen LogP contribution in [0.3, 0.4) is 0 Å². The Hall–Kier alpha value is -2.19. The maximum Gasteiger partial charge on any atom is 0.240 e. The molecule has 22 heavy (non-hydrogen) atoms. The fourth-order valence-corrected chi connectivity index (χ4v) is 2.90. The van der Waals surface area contributed by atoms with Gasteiger partial charge in [-0.1, -0.05) is 6.07 Å². The van der Waals surface area contributed by atoms with E-state index in [0.717, 1.165) is 5.56 Å².